The molecular formula is C10H15NO4S. The van der Waals surface area contributed by atoms with Gasteiger partial charge in [0.2, 0.25) is 5.91 Å². The van der Waals surface area contributed by atoms with Gasteiger partial charge < -0.3 is 14.7 Å². The molecule has 16 heavy (non-hydrogen) atoms. The Morgan fingerprint density at radius 3 is 3.00 bits per heavy atom. The van der Waals surface area contributed by atoms with Crippen LogP contribution < -0.4 is 0 Å². The van der Waals surface area contributed by atoms with Crippen LogP contribution in [0.3, 0.4) is 0 Å². The number of carbonyl (C=O) groups is 2. The predicted molar refractivity (Wildman–Crippen MR) is 59.4 cm³/mol. The number of aliphatic carboxylic acids is 1. The van der Waals surface area contributed by atoms with E-state index in [1.54, 1.807) is 11.8 Å². The third-order valence-electron chi connectivity index (χ3n) is 2.94. The lowest BCUT2D eigenvalue weighted by atomic mass is 10.1. The minimum Gasteiger partial charge on any atom is -0.480 e. The molecule has 0 saturated carbocycles. The van der Waals surface area contributed by atoms with Crippen molar-refractivity contribution in [1.82, 2.24) is 4.90 Å². The zero-order valence-corrected chi connectivity index (χ0v) is 9.74. The molecule has 0 aromatic rings. The van der Waals surface area contributed by atoms with Gasteiger partial charge in [0.1, 0.15) is 6.61 Å². The van der Waals surface area contributed by atoms with E-state index in [0.717, 1.165) is 24.3 Å². The molecule has 0 aromatic carbocycles. The third kappa shape index (κ3) is 2.32. The number of rotatable bonds is 2. The monoisotopic (exact) mass is 245 g/mol. The molecule has 2 fully saturated rings. The number of carbonyl (C=O) groups excluding carboxylic acids is 1. The fraction of sp³-hybridized carbons (Fsp3) is 0.800. The summed E-state index contributed by atoms with van der Waals surface area (Å²) in [6.45, 7) is 0.132. The zero-order valence-electron chi connectivity index (χ0n) is 8.92. The van der Waals surface area contributed by atoms with E-state index in [-0.39, 0.29) is 25.2 Å². The molecule has 0 aliphatic carbocycles. The molecule has 2 saturated heterocycles. The van der Waals surface area contributed by atoms with Gasteiger partial charge in [0, 0.05) is 11.8 Å². The number of carboxylic acids is 1. The number of nitrogens with zero attached hydrogens (tertiary/aromatic N) is 1. The van der Waals surface area contributed by atoms with Crippen LogP contribution in [0.4, 0.5) is 0 Å². The first-order valence-electron chi connectivity index (χ1n) is 5.39. The summed E-state index contributed by atoms with van der Waals surface area (Å²) in [5.41, 5.74) is 0. The second-order valence-corrected chi connectivity index (χ2v) is 5.19. The number of amides is 1. The van der Waals surface area contributed by atoms with E-state index in [2.05, 4.69) is 0 Å². The number of ether oxygens (including phenoxy) is 1. The molecule has 6 heteroatoms. The third-order valence-corrected chi connectivity index (χ3v) is 4.14. The van der Waals surface area contributed by atoms with Crippen molar-refractivity contribution in [3.8, 4) is 0 Å². The number of carboxylic acid groups (broad SMARTS) is 1. The van der Waals surface area contributed by atoms with Crippen LogP contribution in [0.1, 0.15) is 12.8 Å². The standard InChI is InChI=1S/C10H15NO4S/c12-9-5-15-4-8(10(13)14)11(9)7-2-1-3-16-6-7/h7-8H,1-6H2,(H,13,14). The maximum atomic E-state index is 11.7. The normalized spacial score (nSPS) is 31.5. The first kappa shape index (κ1) is 11.7. The number of hydrogen-bond acceptors (Lipinski definition) is 4. The summed E-state index contributed by atoms with van der Waals surface area (Å²) < 4.78 is 5.00. The van der Waals surface area contributed by atoms with Crippen molar-refractivity contribution in [2.45, 2.75) is 24.9 Å². The van der Waals surface area contributed by atoms with Crippen LogP contribution in [-0.4, -0.2) is 58.7 Å². The van der Waals surface area contributed by atoms with E-state index in [1.807, 2.05) is 0 Å². The number of thioether (sulfide) groups is 1. The van der Waals surface area contributed by atoms with Crippen molar-refractivity contribution in [3.05, 3.63) is 0 Å². The van der Waals surface area contributed by atoms with Crippen LogP contribution in [0, 0.1) is 0 Å². The molecular weight excluding hydrogens is 230 g/mol. The van der Waals surface area contributed by atoms with E-state index in [9.17, 15) is 9.59 Å². The molecule has 1 N–H and O–H groups in total. The lowest BCUT2D eigenvalue weighted by Gasteiger charge is -2.40. The molecule has 2 heterocycles. The van der Waals surface area contributed by atoms with Crippen molar-refractivity contribution in [3.63, 3.8) is 0 Å². The number of hydrogen-bond donors (Lipinski definition) is 1. The Morgan fingerprint density at radius 1 is 1.56 bits per heavy atom. The molecule has 5 nitrogen and oxygen atoms in total. The van der Waals surface area contributed by atoms with Gasteiger partial charge >= 0.3 is 5.97 Å². The van der Waals surface area contributed by atoms with Crippen molar-refractivity contribution in [2.24, 2.45) is 0 Å². The van der Waals surface area contributed by atoms with Gasteiger partial charge in [-0.15, -0.1) is 0 Å². The second-order valence-electron chi connectivity index (χ2n) is 4.04. The molecule has 2 atom stereocenters. The van der Waals surface area contributed by atoms with E-state index in [0.29, 0.717) is 0 Å². The summed E-state index contributed by atoms with van der Waals surface area (Å²) in [6, 6.07) is -0.735. The van der Waals surface area contributed by atoms with Crippen molar-refractivity contribution in [1.29, 1.82) is 0 Å². The van der Waals surface area contributed by atoms with Gasteiger partial charge in [-0.25, -0.2) is 4.79 Å². The van der Waals surface area contributed by atoms with Gasteiger partial charge in [-0.2, -0.15) is 11.8 Å². The maximum absolute atomic E-state index is 11.7. The predicted octanol–water partition coefficient (Wildman–Crippen LogP) is 0.194. The summed E-state index contributed by atoms with van der Waals surface area (Å²) in [7, 11) is 0. The summed E-state index contributed by atoms with van der Waals surface area (Å²) in [4.78, 5) is 24.3. The van der Waals surface area contributed by atoms with Gasteiger partial charge in [0.25, 0.3) is 0 Å². The van der Waals surface area contributed by atoms with E-state index in [1.165, 1.54) is 4.90 Å². The highest BCUT2D eigenvalue weighted by atomic mass is 32.2. The molecule has 0 bridgehead atoms. The van der Waals surface area contributed by atoms with E-state index in [4.69, 9.17) is 9.84 Å². The summed E-state index contributed by atoms with van der Waals surface area (Å²) in [5.74, 6) is 0.789. The SMILES string of the molecule is O=C(O)C1COCC(=O)N1C1CCCSC1. The molecule has 90 valence electrons. The lowest BCUT2D eigenvalue weighted by molar-refractivity contribution is -0.165. The van der Waals surface area contributed by atoms with Gasteiger partial charge in [0.15, 0.2) is 6.04 Å². The Bertz CT molecular complexity index is 291. The second kappa shape index (κ2) is 5.05. The van der Waals surface area contributed by atoms with Gasteiger partial charge in [-0.3, -0.25) is 4.79 Å². The molecule has 2 rings (SSSR count). The van der Waals surface area contributed by atoms with Gasteiger partial charge in [0.05, 0.1) is 6.61 Å². The van der Waals surface area contributed by atoms with Gasteiger partial charge in [-0.1, -0.05) is 0 Å². The fourth-order valence-corrected chi connectivity index (χ4v) is 3.31. The molecule has 0 radical (unpaired) electrons. The lowest BCUT2D eigenvalue weighted by Crippen LogP contribution is -2.58. The minimum absolute atomic E-state index is 0.0188. The number of morpholine rings is 1. The van der Waals surface area contributed by atoms with Crippen LogP contribution in [0.25, 0.3) is 0 Å². The Balaban J connectivity index is 2.11. The Labute approximate surface area is 98.1 Å². The highest BCUT2D eigenvalue weighted by Crippen LogP contribution is 2.25. The van der Waals surface area contributed by atoms with Gasteiger partial charge in [-0.05, 0) is 18.6 Å². The molecule has 0 aromatic heterocycles. The zero-order chi connectivity index (χ0) is 11.5. The van der Waals surface area contributed by atoms with E-state index >= 15 is 0 Å². The summed E-state index contributed by atoms with van der Waals surface area (Å²) >= 11 is 1.78. The average Bonchev–Trinajstić information content (AvgIpc) is 2.29. The smallest absolute Gasteiger partial charge is 0.328 e. The fourth-order valence-electron chi connectivity index (χ4n) is 2.18. The highest BCUT2D eigenvalue weighted by molar-refractivity contribution is 7.99. The molecule has 2 unspecified atom stereocenters. The van der Waals surface area contributed by atoms with Crippen LogP contribution in [-0.2, 0) is 14.3 Å². The van der Waals surface area contributed by atoms with Crippen molar-refractivity contribution >= 4 is 23.6 Å². The Hall–Kier alpha value is -0.750. The topological polar surface area (TPSA) is 66.8 Å². The molecule has 2 aliphatic rings. The minimum atomic E-state index is -0.969. The Morgan fingerprint density at radius 2 is 2.38 bits per heavy atom. The quantitative estimate of drug-likeness (QED) is 0.752. The summed E-state index contributed by atoms with van der Waals surface area (Å²) in [5, 5.41) is 9.08. The van der Waals surface area contributed by atoms with Crippen molar-refractivity contribution in [2.75, 3.05) is 24.7 Å². The largest absolute Gasteiger partial charge is 0.480 e. The van der Waals surface area contributed by atoms with Crippen LogP contribution >= 0.6 is 11.8 Å². The molecule has 2 aliphatic heterocycles. The van der Waals surface area contributed by atoms with Crippen LogP contribution in [0.5, 0.6) is 0 Å². The highest BCUT2D eigenvalue weighted by Gasteiger charge is 2.38. The Kier molecular flexibility index (Phi) is 3.70. The molecule has 1 amide bonds. The first-order valence-corrected chi connectivity index (χ1v) is 6.55. The van der Waals surface area contributed by atoms with E-state index < -0.39 is 12.0 Å². The van der Waals surface area contributed by atoms with Crippen molar-refractivity contribution < 1.29 is 19.4 Å². The maximum Gasteiger partial charge on any atom is 0.328 e. The first-order chi connectivity index (χ1) is 7.70. The average molecular weight is 245 g/mol. The summed E-state index contributed by atoms with van der Waals surface area (Å²) in [6.07, 6.45) is 1.95. The van der Waals surface area contributed by atoms with Crippen LogP contribution in [0.15, 0.2) is 0 Å². The molecule has 0 spiro atoms. The van der Waals surface area contributed by atoms with Crippen LogP contribution in [0.2, 0.25) is 0 Å².